The van der Waals surface area contributed by atoms with Crippen molar-refractivity contribution in [2.45, 2.75) is 0 Å². The molecule has 0 fully saturated rings. The minimum atomic E-state index is -0.392. The molecule has 4 aromatic rings. The molecule has 0 radical (unpaired) electrons. The summed E-state index contributed by atoms with van der Waals surface area (Å²) in [7, 11) is 0. The molecule has 0 aliphatic rings. The lowest BCUT2D eigenvalue weighted by atomic mass is 10.0. The van der Waals surface area contributed by atoms with Crippen molar-refractivity contribution in [1.29, 1.82) is 0 Å². The number of hydrogen-bond donors (Lipinski definition) is 0. The van der Waals surface area contributed by atoms with Crippen LogP contribution in [0, 0.1) is 5.82 Å². The largest absolute Gasteiger partial charge is 0.255 e. The fourth-order valence-corrected chi connectivity index (χ4v) is 2.54. The van der Waals surface area contributed by atoms with Crippen LogP contribution in [0.25, 0.3) is 28.2 Å². The average molecular weight is 326 g/mol. The Morgan fingerprint density at radius 2 is 1.91 bits per heavy atom. The first-order valence-corrected chi connectivity index (χ1v) is 7.18. The SMILES string of the molecule is Fc1ccc(Cl)cc1-c1ncccc1-c1ccc2ncnn2n1. The smallest absolute Gasteiger partial charge is 0.176 e. The molecule has 5 nitrogen and oxygen atoms in total. The predicted octanol–water partition coefficient (Wildman–Crippen LogP) is 3.65. The highest BCUT2D eigenvalue weighted by molar-refractivity contribution is 6.30. The summed E-state index contributed by atoms with van der Waals surface area (Å²) in [5, 5.41) is 8.85. The van der Waals surface area contributed by atoms with Gasteiger partial charge in [0.15, 0.2) is 5.65 Å². The minimum Gasteiger partial charge on any atom is -0.255 e. The van der Waals surface area contributed by atoms with Crippen LogP contribution in [-0.4, -0.2) is 24.8 Å². The number of aromatic nitrogens is 5. The van der Waals surface area contributed by atoms with Crippen molar-refractivity contribution in [2.75, 3.05) is 0 Å². The third-order valence-electron chi connectivity index (χ3n) is 3.42. The van der Waals surface area contributed by atoms with E-state index in [4.69, 9.17) is 11.6 Å². The van der Waals surface area contributed by atoms with Gasteiger partial charge in [-0.3, -0.25) is 4.98 Å². The van der Waals surface area contributed by atoms with E-state index < -0.39 is 5.82 Å². The summed E-state index contributed by atoms with van der Waals surface area (Å²) >= 11 is 6.00. The summed E-state index contributed by atoms with van der Waals surface area (Å²) in [4.78, 5) is 8.37. The number of benzene rings is 1. The second-order valence-corrected chi connectivity index (χ2v) is 5.29. The van der Waals surface area contributed by atoms with Crippen molar-refractivity contribution in [3.63, 3.8) is 0 Å². The minimum absolute atomic E-state index is 0.327. The molecule has 1 aromatic carbocycles. The lowest BCUT2D eigenvalue weighted by Gasteiger charge is -2.09. The molecule has 0 saturated carbocycles. The van der Waals surface area contributed by atoms with Crippen molar-refractivity contribution >= 4 is 17.2 Å². The summed E-state index contributed by atoms with van der Waals surface area (Å²) in [5.41, 5.74) is 2.73. The van der Waals surface area contributed by atoms with Gasteiger partial charge < -0.3 is 0 Å². The second-order valence-electron chi connectivity index (χ2n) is 4.85. The lowest BCUT2D eigenvalue weighted by molar-refractivity contribution is 0.631. The molecule has 0 aliphatic carbocycles. The highest BCUT2D eigenvalue weighted by atomic mass is 35.5. The third-order valence-corrected chi connectivity index (χ3v) is 3.65. The van der Waals surface area contributed by atoms with Crippen LogP contribution in [0.3, 0.4) is 0 Å². The van der Waals surface area contributed by atoms with Crippen LogP contribution in [-0.2, 0) is 0 Å². The van der Waals surface area contributed by atoms with Gasteiger partial charge in [-0.1, -0.05) is 11.6 Å². The van der Waals surface area contributed by atoms with Gasteiger partial charge in [0, 0.05) is 22.3 Å². The number of pyridine rings is 1. The van der Waals surface area contributed by atoms with Crippen LogP contribution in [0.2, 0.25) is 5.02 Å². The third kappa shape index (κ3) is 2.43. The molecule has 0 aliphatic heterocycles. The molecule has 112 valence electrons. The Bertz CT molecular complexity index is 1010. The Balaban J connectivity index is 1.94. The first kappa shape index (κ1) is 13.8. The highest BCUT2D eigenvalue weighted by Gasteiger charge is 2.14. The molecule has 0 spiro atoms. The zero-order valence-corrected chi connectivity index (χ0v) is 12.4. The Kier molecular flexibility index (Phi) is 3.24. The fraction of sp³-hybridized carbons (Fsp3) is 0. The molecule has 7 heteroatoms. The molecule has 3 heterocycles. The fourth-order valence-electron chi connectivity index (χ4n) is 2.37. The van der Waals surface area contributed by atoms with Gasteiger partial charge in [0.25, 0.3) is 0 Å². The van der Waals surface area contributed by atoms with Crippen molar-refractivity contribution in [3.05, 3.63) is 65.8 Å². The maximum atomic E-state index is 14.2. The molecule has 0 unspecified atom stereocenters. The Morgan fingerprint density at radius 3 is 2.83 bits per heavy atom. The van der Waals surface area contributed by atoms with Crippen LogP contribution in [0.5, 0.6) is 0 Å². The number of fused-ring (bicyclic) bond motifs is 1. The number of rotatable bonds is 2. The predicted molar refractivity (Wildman–Crippen MR) is 84.4 cm³/mol. The molecule has 0 bridgehead atoms. The molecular formula is C16H9ClFN5. The van der Waals surface area contributed by atoms with Gasteiger partial charge in [-0.15, -0.1) is 14.8 Å². The van der Waals surface area contributed by atoms with Crippen LogP contribution in [0.15, 0.2) is 55.0 Å². The summed E-state index contributed by atoms with van der Waals surface area (Å²) in [6, 6.07) is 11.6. The van der Waals surface area contributed by atoms with Gasteiger partial charge in [-0.25, -0.2) is 9.37 Å². The summed E-state index contributed by atoms with van der Waals surface area (Å²) in [6.45, 7) is 0. The topological polar surface area (TPSA) is 56.0 Å². The molecule has 4 rings (SSSR count). The van der Waals surface area contributed by atoms with Gasteiger partial charge in [0.1, 0.15) is 12.1 Å². The maximum absolute atomic E-state index is 14.2. The van der Waals surface area contributed by atoms with E-state index in [1.54, 1.807) is 30.5 Å². The molecule has 0 atom stereocenters. The van der Waals surface area contributed by atoms with Gasteiger partial charge in [0.05, 0.1) is 11.4 Å². The molecule has 3 aromatic heterocycles. The van der Waals surface area contributed by atoms with Crippen molar-refractivity contribution in [3.8, 4) is 22.5 Å². The molecule has 0 N–H and O–H groups in total. The number of hydrogen-bond acceptors (Lipinski definition) is 4. The lowest BCUT2D eigenvalue weighted by Crippen LogP contribution is -1.98. The Labute approximate surface area is 135 Å². The normalized spacial score (nSPS) is 11.0. The van der Waals surface area contributed by atoms with Crippen LogP contribution < -0.4 is 0 Å². The van der Waals surface area contributed by atoms with Gasteiger partial charge >= 0.3 is 0 Å². The molecule has 23 heavy (non-hydrogen) atoms. The number of nitrogens with zero attached hydrogens (tertiary/aromatic N) is 5. The van der Waals surface area contributed by atoms with E-state index in [0.717, 1.165) is 0 Å². The molecule has 0 amide bonds. The average Bonchev–Trinajstić information content (AvgIpc) is 3.05. The van der Waals surface area contributed by atoms with Crippen LogP contribution in [0.4, 0.5) is 4.39 Å². The first-order valence-electron chi connectivity index (χ1n) is 6.80. The van der Waals surface area contributed by atoms with Crippen molar-refractivity contribution in [1.82, 2.24) is 24.8 Å². The van der Waals surface area contributed by atoms with Crippen molar-refractivity contribution < 1.29 is 4.39 Å². The standard InChI is InChI=1S/C16H9ClFN5/c17-10-3-4-13(18)12(8-10)16-11(2-1-7-19-16)14-5-6-15-20-9-21-23(15)22-14/h1-9H. The molecular weight excluding hydrogens is 317 g/mol. The first-order chi connectivity index (χ1) is 11.2. The highest BCUT2D eigenvalue weighted by Crippen LogP contribution is 2.32. The van der Waals surface area contributed by atoms with Crippen molar-refractivity contribution in [2.24, 2.45) is 0 Å². The van der Waals surface area contributed by atoms with Gasteiger partial charge in [0.2, 0.25) is 0 Å². The van der Waals surface area contributed by atoms with Gasteiger partial charge in [-0.2, -0.15) is 0 Å². The van der Waals surface area contributed by atoms with E-state index in [1.165, 1.54) is 23.1 Å². The zero-order chi connectivity index (χ0) is 15.8. The summed E-state index contributed by atoms with van der Waals surface area (Å²) in [6.07, 6.45) is 3.03. The van der Waals surface area contributed by atoms with Crippen LogP contribution in [0.1, 0.15) is 0 Å². The van der Waals surface area contributed by atoms with Gasteiger partial charge in [-0.05, 0) is 42.5 Å². The summed E-state index contributed by atoms with van der Waals surface area (Å²) < 4.78 is 15.6. The van der Waals surface area contributed by atoms with E-state index in [9.17, 15) is 4.39 Å². The van der Waals surface area contributed by atoms with E-state index in [1.807, 2.05) is 6.07 Å². The molecule has 0 saturated heterocycles. The van der Waals surface area contributed by atoms with E-state index >= 15 is 0 Å². The maximum Gasteiger partial charge on any atom is 0.176 e. The summed E-state index contributed by atoms with van der Waals surface area (Å²) in [5.74, 6) is -0.392. The monoisotopic (exact) mass is 325 g/mol. The zero-order valence-electron chi connectivity index (χ0n) is 11.7. The van der Waals surface area contributed by atoms with Crippen LogP contribution >= 0.6 is 11.6 Å². The Hall–Kier alpha value is -2.86. The van der Waals surface area contributed by atoms with E-state index in [2.05, 4.69) is 20.2 Å². The van der Waals surface area contributed by atoms with E-state index in [-0.39, 0.29) is 0 Å². The quantitative estimate of drug-likeness (QED) is 0.564. The second kappa shape index (κ2) is 5.40. The number of halogens is 2. The van der Waals surface area contributed by atoms with E-state index in [0.29, 0.717) is 33.2 Å². The Morgan fingerprint density at radius 1 is 1.00 bits per heavy atom.